The van der Waals surface area contributed by atoms with Gasteiger partial charge in [-0.3, -0.25) is 0 Å². The van der Waals surface area contributed by atoms with Gasteiger partial charge in [-0.2, -0.15) is 0 Å². The Morgan fingerprint density at radius 3 is 1.38 bits per heavy atom. The van der Waals surface area contributed by atoms with Gasteiger partial charge in [0.05, 0.1) is 0 Å². The third-order valence-corrected chi connectivity index (χ3v) is 8.48. The van der Waals surface area contributed by atoms with E-state index >= 15 is 0 Å². The molecule has 196 valence electrons. The van der Waals surface area contributed by atoms with Crippen LogP contribution in [-0.2, 0) is 0 Å². The monoisotopic (exact) mass is 532 g/mol. The van der Waals surface area contributed by atoms with E-state index in [1.54, 1.807) is 0 Å². The summed E-state index contributed by atoms with van der Waals surface area (Å²) >= 11 is 0. The molecule has 0 N–H and O–H groups in total. The Bertz CT molecular complexity index is 2220. The zero-order valence-corrected chi connectivity index (χ0v) is 23.2. The highest BCUT2D eigenvalue weighted by Gasteiger charge is 2.11. The van der Waals surface area contributed by atoms with Crippen molar-refractivity contribution in [3.63, 3.8) is 0 Å². The standard InChI is InChI=1S/C42H28/c1-2-9-29(10-3-1)33-23-25-36-28-34(24-26-35(36)27-33)30-19-21-32(22-20-30)38-14-7-17-41-40(38)16-8-18-42(41)39-15-6-12-31-11-4-5-13-37(31)39/h1-28H. The van der Waals surface area contributed by atoms with Gasteiger partial charge in [0.15, 0.2) is 0 Å². The molecular formula is C42H28. The normalized spacial score (nSPS) is 11.3. The van der Waals surface area contributed by atoms with Gasteiger partial charge >= 0.3 is 0 Å². The van der Waals surface area contributed by atoms with E-state index in [1.165, 1.54) is 76.8 Å². The van der Waals surface area contributed by atoms with Crippen LogP contribution in [0.3, 0.4) is 0 Å². The highest BCUT2D eigenvalue weighted by molar-refractivity contribution is 6.09. The molecule has 0 heterocycles. The molecule has 0 bridgehead atoms. The fraction of sp³-hybridized carbons (Fsp3) is 0. The second kappa shape index (κ2) is 10.2. The van der Waals surface area contributed by atoms with Crippen LogP contribution < -0.4 is 0 Å². The zero-order chi connectivity index (χ0) is 27.9. The fourth-order valence-electron chi connectivity index (χ4n) is 6.33. The molecule has 8 aromatic rings. The van der Waals surface area contributed by atoms with E-state index in [9.17, 15) is 0 Å². The van der Waals surface area contributed by atoms with Crippen LogP contribution in [0.5, 0.6) is 0 Å². The first-order valence-electron chi connectivity index (χ1n) is 14.5. The van der Waals surface area contributed by atoms with Crippen molar-refractivity contribution in [3.8, 4) is 44.5 Å². The van der Waals surface area contributed by atoms with Gasteiger partial charge in [-0.1, -0.05) is 158 Å². The van der Waals surface area contributed by atoms with Gasteiger partial charge in [-0.05, 0) is 89.0 Å². The molecule has 0 aliphatic carbocycles. The lowest BCUT2D eigenvalue weighted by molar-refractivity contribution is 1.61. The van der Waals surface area contributed by atoms with Crippen molar-refractivity contribution in [1.29, 1.82) is 0 Å². The molecule has 0 heteroatoms. The topological polar surface area (TPSA) is 0 Å². The zero-order valence-electron chi connectivity index (χ0n) is 23.2. The minimum absolute atomic E-state index is 1.23. The average Bonchev–Trinajstić information content (AvgIpc) is 3.07. The van der Waals surface area contributed by atoms with E-state index in [4.69, 9.17) is 0 Å². The summed E-state index contributed by atoms with van der Waals surface area (Å²) in [6.45, 7) is 0. The van der Waals surface area contributed by atoms with Gasteiger partial charge in [-0.25, -0.2) is 0 Å². The molecule has 0 fully saturated rings. The summed E-state index contributed by atoms with van der Waals surface area (Å²) in [6, 6.07) is 61.7. The maximum absolute atomic E-state index is 2.30. The average molecular weight is 533 g/mol. The molecule has 0 aliphatic heterocycles. The predicted octanol–water partition coefficient (Wildman–Crippen LogP) is 11.8. The molecule has 0 atom stereocenters. The SMILES string of the molecule is c1ccc(-c2ccc3cc(-c4ccc(-c5cccc6c(-c7cccc8ccccc78)cccc56)cc4)ccc3c2)cc1. The van der Waals surface area contributed by atoms with Gasteiger partial charge in [0.25, 0.3) is 0 Å². The van der Waals surface area contributed by atoms with E-state index in [1.807, 2.05) is 0 Å². The summed E-state index contributed by atoms with van der Waals surface area (Å²) in [5, 5.41) is 7.62. The van der Waals surface area contributed by atoms with E-state index in [0.29, 0.717) is 0 Å². The summed E-state index contributed by atoms with van der Waals surface area (Å²) in [6.07, 6.45) is 0. The molecule has 42 heavy (non-hydrogen) atoms. The summed E-state index contributed by atoms with van der Waals surface area (Å²) < 4.78 is 0. The molecule has 0 nitrogen and oxygen atoms in total. The number of benzene rings is 8. The van der Waals surface area contributed by atoms with E-state index in [2.05, 4.69) is 170 Å². The molecule has 0 radical (unpaired) electrons. The molecule has 8 aromatic carbocycles. The van der Waals surface area contributed by atoms with E-state index < -0.39 is 0 Å². The fourth-order valence-corrected chi connectivity index (χ4v) is 6.33. The Morgan fingerprint density at radius 1 is 0.214 bits per heavy atom. The summed E-state index contributed by atoms with van der Waals surface area (Å²) in [5.41, 5.74) is 9.99. The van der Waals surface area contributed by atoms with Gasteiger partial charge in [0.2, 0.25) is 0 Å². The largest absolute Gasteiger partial charge is 0.0622 e. The van der Waals surface area contributed by atoms with Crippen molar-refractivity contribution in [3.05, 3.63) is 170 Å². The summed E-state index contributed by atoms with van der Waals surface area (Å²) in [4.78, 5) is 0. The number of fused-ring (bicyclic) bond motifs is 3. The molecule has 8 rings (SSSR count). The predicted molar refractivity (Wildman–Crippen MR) is 181 cm³/mol. The van der Waals surface area contributed by atoms with Crippen molar-refractivity contribution in [1.82, 2.24) is 0 Å². The summed E-state index contributed by atoms with van der Waals surface area (Å²) in [7, 11) is 0. The molecular weight excluding hydrogens is 504 g/mol. The van der Waals surface area contributed by atoms with Crippen LogP contribution in [0.4, 0.5) is 0 Å². The van der Waals surface area contributed by atoms with Crippen LogP contribution in [0, 0.1) is 0 Å². The molecule has 0 aromatic heterocycles. The van der Waals surface area contributed by atoms with Crippen LogP contribution in [0.1, 0.15) is 0 Å². The first-order chi connectivity index (χ1) is 20.8. The van der Waals surface area contributed by atoms with Gasteiger partial charge < -0.3 is 0 Å². The lowest BCUT2D eigenvalue weighted by Crippen LogP contribution is -1.87. The Labute approximate surface area is 246 Å². The lowest BCUT2D eigenvalue weighted by atomic mass is 9.90. The highest BCUT2D eigenvalue weighted by atomic mass is 14.1. The molecule has 0 aliphatic rings. The molecule has 0 amide bonds. The van der Waals surface area contributed by atoms with Gasteiger partial charge in [0.1, 0.15) is 0 Å². The van der Waals surface area contributed by atoms with Crippen LogP contribution in [0.25, 0.3) is 76.8 Å². The maximum atomic E-state index is 2.30. The molecule has 0 unspecified atom stereocenters. The molecule has 0 saturated heterocycles. The maximum Gasteiger partial charge on any atom is -0.00990 e. The second-order valence-electron chi connectivity index (χ2n) is 11.0. The number of rotatable bonds is 4. The molecule has 0 spiro atoms. The first kappa shape index (κ1) is 24.3. The Kier molecular flexibility index (Phi) is 5.90. The Morgan fingerprint density at radius 2 is 0.667 bits per heavy atom. The highest BCUT2D eigenvalue weighted by Crippen LogP contribution is 2.38. The second-order valence-corrected chi connectivity index (χ2v) is 11.0. The van der Waals surface area contributed by atoms with Crippen molar-refractivity contribution >= 4 is 32.3 Å². The van der Waals surface area contributed by atoms with E-state index in [0.717, 1.165) is 0 Å². The van der Waals surface area contributed by atoms with Gasteiger partial charge in [0, 0.05) is 0 Å². The van der Waals surface area contributed by atoms with Crippen LogP contribution in [0.15, 0.2) is 170 Å². The minimum Gasteiger partial charge on any atom is -0.0622 e. The van der Waals surface area contributed by atoms with E-state index in [-0.39, 0.29) is 0 Å². The van der Waals surface area contributed by atoms with Crippen LogP contribution in [0.2, 0.25) is 0 Å². The molecule has 0 saturated carbocycles. The third kappa shape index (κ3) is 4.26. The minimum atomic E-state index is 1.23. The Balaban J connectivity index is 1.15. The van der Waals surface area contributed by atoms with Crippen molar-refractivity contribution in [2.24, 2.45) is 0 Å². The van der Waals surface area contributed by atoms with Crippen molar-refractivity contribution in [2.45, 2.75) is 0 Å². The van der Waals surface area contributed by atoms with Crippen LogP contribution >= 0.6 is 0 Å². The lowest BCUT2D eigenvalue weighted by Gasteiger charge is -2.13. The first-order valence-corrected chi connectivity index (χ1v) is 14.5. The van der Waals surface area contributed by atoms with Gasteiger partial charge in [-0.15, -0.1) is 0 Å². The van der Waals surface area contributed by atoms with Crippen molar-refractivity contribution < 1.29 is 0 Å². The number of hydrogen-bond donors (Lipinski definition) is 0. The van der Waals surface area contributed by atoms with Crippen LogP contribution in [-0.4, -0.2) is 0 Å². The van der Waals surface area contributed by atoms with Crippen molar-refractivity contribution in [2.75, 3.05) is 0 Å². The quantitative estimate of drug-likeness (QED) is 0.211. The smallest absolute Gasteiger partial charge is 0.00990 e. The third-order valence-electron chi connectivity index (χ3n) is 8.48. The Hall–Kier alpha value is -5.46. The summed E-state index contributed by atoms with van der Waals surface area (Å²) in [5.74, 6) is 0. The number of hydrogen-bond acceptors (Lipinski definition) is 0.